The summed E-state index contributed by atoms with van der Waals surface area (Å²) in [7, 11) is 0. The fourth-order valence-electron chi connectivity index (χ4n) is 10.2. The lowest BCUT2D eigenvalue weighted by Crippen LogP contribution is -2.13. The van der Waals surface area contributed by atoms with Gasteiger partial charge in [-0.1, -0.05) is 164 Å². The quantitative estimate of drug-likeness (QED) is 0.164. The van der Waals surface area contributed by atoms with Crippen molar-refractivity contribution in [3.63, 3.8) is 0 Å². The van der Waals surface area contributed by atoms with E-state index in [-0.39, 0.29) is 5.56 Å². The third-order valence-electron chi connectivity index (χ3n) is 12.9. The van der Waals surface area contributed by atoms with Gasteiger partial charge in [-0.15, -0.1) is 0 Å². The molecule has 0 spiro atoms. The molecule has 0 radical (unpaired) electrons. The van der Waals surface area contributed by atoms with E-state index in [2.05, 4.69) is 211 Å². The minimum Gasteiger partial charge on any atom is -0.309 e. The monoisotopic (exact) mass is 762 g/mol. The summed E-state index contributed by atoms with van der Waals surface area (Å²) in [5.41, 5.74) is 12.3. The third kappa shape index (κ3) is 4.63. The molecule has 0 atom stereocenters. The second-order valence-corrected chi connectivity index (χ2v) is 16.0. The molecule has 0 bridgehead atoms. The maximum Gasteiger partial charge on any atom is 0.263 e. The van der Waals surface area contributed by atoms with Gasteiger partial charge in [-0.25, -0.2) is 0 Å². The first-order valence-electron chi connectivity index (χ1n) is 20.6. The van der Waals surface area contributed by atoms with Crippen molar-refractivity contribution < 1.29 is 0 Å². The molecule has 0 N–H and O–H groups in total. The Morgan fingerprint density at radius 3 is 1.67 bits per heavy atom. The Morgan fingerprint density at radius 2 is 0.850 bits per heavy atom. The van der Waals surface area contributed by atoms with Gasteiger partial charge >= 0.3 is 0 Å². The average Bonchev–Trinajstić information content (AvgIpc) is 3.83. The first-order chi connectivity index (χ1) is 29.7. The summed E-state index contributed by atoms with van der Waals surface area (Å²) >= 11 is 0. The number of hydrogen-bond donors (Lipinski definition) is 0. The van der Waals surface area contributed by atoms with E-state index < -0.39 is 0 Å². The Bertz CT molecular complexity index is 3920. The fraction of sp³-hybridized carbons (Fsp3) is 0. The smallest absolute Gasteiger partial charge is 0.263 e. The number of rotatable bonds is 4. The van der Waals surface area contributed by atoms with Gasteiger partial charge in [0.2, 0.25) is 0 Å². The maximum atomic E-state index is 14.7. The van der Waals surface area contributed by atoms with Crippen molar-refractivity contribution >= 4 is 81.3 Å². The second kappa shape index (κ2) is 12.5. The second-order valence-electron chi connectivity index (χ2n) is 16.0. The van der Waals surface area contributed by atoms with Crippen LogP contribution >= 0.6 is 0 Å². The van der Waals surface area contributed by atoms with Gasteiger partial charge < -0.3 is 4.57 Å². The highest BCUT2D eigenvalue weighted by Gasteiger charge is 2.20. The number of nitrogens with zero attached hydrogens (tertiary/aromatic N) is 2. The highest BCUT2D eigenvalue weighted by atomic mass is 16.1. The van der Waals surface area contributed by atoms with E-state index in [1.165, 1.54) is 54.6 Å². The van der Waals surface area contributed by atoms with E-state index in [9.17, 15) is 4.79 Å². The largest absolute Gasteiger partial charge is 0.309 e. The summed E-state index contributed by atoms with van der Waals surface area (Å²) < 4.78 is 4.36. The summed E-state index contributed by atoms with van der Waals surface area (Å²) in [5.74, 6) is 0. The molecule has 0 aliphatic carbocycles. The van der Waals surface area contributed by atoms with Gasteiger partial charge in [0, 0.05) is 37.7 Å². The molecule has 0 unspecified atom stereocenters. The molecular formula is C57H34N2O. The molecule has 3 heterocycles. The summed E-state index contributed by atoms with van der Waals surface area (Å²) in [5, 5.41) is 12.2. The number of para-hydroxylation sites is 3. The SMILES string of the molecule is O=c1c2cc(-c3cccc4ccccc34)ccc2c2cccc3c4cc(-c5cccc(-c6ccc(-n7c8ccccc8c8ccccc87)c7ccccc67)c5)ccc4n1c23. The molecule has 0 saturated heterocycles. The minimum atomic E-state index is 0.0109. The highest BCUT2D eigenvalue weighted by Crippen LogP contribution is 2.41. The van der Waals surface area contributed by atoms with E-state index in [0.717, 1.165) is 65.8 Å². The van der Waals surface area contributed by atoms with Crippen molar-refractivity contribution in [3.05, 3.63) is 217 Å². The standard InChI is InChI=1S/C57H34N2O/c60-57-51-34-39(41-21-10-13-35-12-1-2-16-40(35)41)26-28-44(51)48-22-11-23-49-50-33-37(27-30-55(50)59(57)56(48)49)36-14-9-15-38(32-36)42-29-31-54(45-18-4-3-17-43(42)45)58-52-24-7-5-19-46(52)47-20-6-8-25-53(47)58/h1-34H. The summed E-state index contributed by atoms with van der Waals surface area (Å²) in [6.07, 6.45) is 0. The van der Waals surface area contributed by atoms with Crippen LogP contribution in [0, 0.1) is 0 Å². The lowest BCUT2D eigenvalue weighted by Gasteiger charge is -2.15. The van der Waals surface area contributed by atoms with Crippen LogP contribution in [0.15, 0.2) is 211 Å². The van der Waals surface area contributed by atoms with E-state index in [4.69, 9.17) is 0 Å². The lowest BCUT2D eigenvalue weighted by atomic mass is 9.94. The van der Waals surface area contributed by atoms with Gasteiger partial charge in [0.1, 0.15) is 0 Å². The summed E-state index contributed by atoms with van der Waals surface area (Å²) in [6, 6.07) is 73.8. The molecule has 0 amide bonds. The molecule has 0 aliphatic rings. The number of pyridine rings is 1. The first kappa shape index (κ1) is 33.0. The van der Waals surface area contributed by atoms with Crippen molar-refractivity contribution in [2.75, 3.05) is 0 Å². The van der Waals surface area contributed by atoms with Crippen molar-refractivity contribution in [1.82, 2.24) is 8.97 Å². The van der Waals surface area contributed by atoms with Crippen LogP contribution in [0.5, 0.6) is 0 Å². The number of aromatic nitrogens is 2. The van der Waals surface area contributed by atoms with Crippen LogP contribution in [0.25, 0.3) is 120 Å². The van der Waals surface area contributed by atoms with Gasteiger partial charge in [0.05, 0.1) is 27.8 Å². The van der Waals surface area contributed by atoms with E-state index in [1.807, 2.05) is 4.40 Å². The Kier molecular flexibility index (Phi) is 6.87. The van der Waals surface area contributed by atoms with Gasteiger partial charge in [-0.2, -0.15) is 0 Å². The van der Waals surface area contributed by atoms with Crippen molar-refractivity contribution in [2.24, 2.45) is 0 Å². The van der Waals surface area contributed by atoms with Crippen LogP contribution in [0.1, 0.15) is 0 Å². The molecule has 13 aromatic rings. The topological polar surface area (TPSA) is 26.4 Å². The summed E-state index contributed by atoms with van der Waals surface area (Å²) in [6.45, 7) is 0. The molecule has 10 aromatic carbocycles. The number of benzene rings is 10. The van der Waals surface area contributed by atoms with E-state index in [1.54, 1.807) is 0 Å². The van der Waals surface area contributed by atoms with E-state index in [0.29, 0.717) is 0 Å². The fourth-order valence-corrected chi connectivity index (χ4v) is 10.2. The van der Waals surface area contributed by atoms with Crippen LogP contribution in [0.4, 0.5) is 0 Å². The molecule has 3 aromatic heterocycles. The Morgan fingerprint density at radius 1 is 0.300 bits per heavy atom. The number of hydrogen-bond acceptors (Lipinski definition) is 1. The summed E-state index contributed by atoms with van der Waals surface area (Å²) in [4.78, 5) is 14.7. The van der Waals surface area contributed by atoms with Crippen LogP contribution in [0.2, 0.25) is 0 Å². The molecule has 13 rings (SSSR count). The lowest BCUT2D eigenvalue weighted by molar-refractivity contribution is 1.20. The molecule has 0 fully saturated rings. The molecule has 0 saturated carbocycles. The minimum absolute atomic E-state index is 0.0109. The van der Waals surface area contributed by atoms with Crippen molar-refractivity contribution in [1.29, 1.82) is 0 Å². The van der Waals surface area contributed by atoms with E-state index >= 15 is 0 Å². The van der Waals surface area contributed by atoms with Crippen LogP contribution < -0.4 is 5.56 Å². The molecule has 0 aliphatic heterocycles. The van der Waals surface area contributed by atoms with Gasteiger partial charge in [-0.3, -0.25) is 9.20 Å². The Labute approximate surface area is 344 Å². The Balaban J connectivity index is 0.956. The first-order valence-corrected chi connectivity index (χ1v) is 20.6. The zero-order valence-electron chi connectivity index (χ0n) is 32.4. The van der Waals surface area contributed by atoms with Crippen LogP contribution in [-0.4, -0.2) is 8.97 Å². The zero-order valence-corrected chi connectivity index (χ0v) is 32.4. The third-order valence-corrected chi connectivity index (χ3v) is 12.9. The molecule has 60 heavy (non-hydrogen) atoms. The normalized spacial score (nSPS) is 12.1. The molecule has 3 nitrogen and oxygen atoms in total. The highest BCUT2D eigenvalue weighted by molar-refractivity contribution is 6.21. The maximum absolute atomic E-state index is 14.7. The van der Waals surface area contributed by atoms with Crippen LogP contribution in [0.3, 0.4) is 0 Å². The zero-order chi connectivity index (χ0) is 39.5. The average molecular weight is 763 g/mol. The molecule has 278 valence electrons. The van der Waals surface area contributed by atoms with Crippen LogP contribution in [-0.2, 0) is 0 Å². The van der Waals surface area contributed by atoms with Gasteiger partial charge in [0.15, 0.2) is 0 Å². The Hall–Kier alpha value is -8.01. The predicted octanol–water partition coefficient (Wildman–Crippen LogP) is 14.6. The number of fused-ring (bicyclic) bond motifs is 10. The predicted molar refractivity (Wildman–Crippen MR) is 253 cm³/mol. The van der Waals surface area contributed by atoms with Crippen molar-refractivity contribution in [2.45, 2.75) is 0 Å². The molecular weight excluding hydrogens is 729 g/mol. The van der Waals surface area contributed by atoms with Gasteiger partial charge in [0.25, 0.3) is 5.56 Å². The molecule has 3 heteroatoms. The van der Waals surface area contributed by atoms with Crippen molar-refractivity contribution in [3.8, 4) is 39.1 Å². The van der Waals surface area contributed by atoms with Gasteiger partial charge in [-0.05, 0) is 97.4 Å².